The van der Waals surface area contributed by atoms with E-state index < -0.39 is 0 Å². The summed E-state index contributed by atoms with van der Waals surface area (Å²) in [5, 5.41) is 3.43. The van der Waals surface area contributed by atoms with Crippen molar-refractivity contribution in [3.8, 4) is 0 Å². The van der Waals surface area contributed by atoms with Crippen molar-refractivity contribution in [2.24, 2.45) is 11.8 Å². The lowest BCUT2D eigenvalue weighted by molar-refractivity contribution is 0.195. The first kappa shape index (κ1) is 16.1. The summed E-state index contributed by atoms with van der Waals surface area (Å²) in [4.78, 5) is 0. The largest absolute Gasteiger partial charge is 0.383 e. The smallest absolute Gasteiger partial charge is 0.123 e. The Labute approximate surface area is 116 Å². The highest BCUT2D eigenvalue weighted by molar-refractivity contribution is 5.16. The number of rotatable bonds is 9. The van der Waals surface area contributed by atoms with Gasteiger partial charge in [-0.05, 0) is 42.5 Å². The molecule has 3 heteroatoms. The van der Waals surface area contributed by atoms with Gasteiger partial charge in [0, 0.05) is 13.7 Å². The van der Waals surface area contributed by atoms with E-state index in [-0.39, 0.29) is 5.82 Å². The molecule has 0 fully saturated rings. The minimum atomic E-state index is -0.165. The summed E-state index contributed by atoms with van der Waals surface area (Å²) >= 11 is 0. The first-order valence-corrected chi connectivity index (χ1v) is 7.11. The molecule has 0 amide bonds. The standard InChI is InChI=1S/C16H26FNO/c1-4-13(2)15(12-18-9-10-19-3)11-14-5-7-16(17)8-6-14/h5-8,13,15,18H,4,9-12H2,1-3H3. The lowest BCUT2D eigenvalue weighted by Gasteiger charge is -2.23. The van der Waals surface area contributed by atoms with E-state index in [0.717, 1.165) is 32.5 Å². The topological polar surface area (TPSA) is 21.3 Å². The fourth-order valence-corrected chi connectivity index (χ4v) is 2.19. The second-order valence-electron chi connectivity index (χ2n) is 5.17. The molecule has 0 aliphatic carbocycles. The number of hydrogen-bond donors (Lipinski definition) is 1. The molecule has 1 N–H and O–H groups in total. The van der Waals surface area contributed by atoms with Crippen molar-refractivity contribution >= 4 is 0 Å². The second kappa shape index (κ2) is 9.05. The maximum Gasteiger partial charge on any atom is 0.123 e. The number of halogens is 1. The Hall–Kier alpha value is -0.930. The van der Waals surface area contributed by atoms with Crippen LogP contribution in [-0.2, 0) is 11.2 Å². The molecule has 0 aliphatic rings. The van der Waals surface area contributed by atoms with E-state index >= 15 is 0 Å². The molecule has 19 heavy (non-hydrogen) atoms. The van der Waals surface area contributed by atoms with Crippen LogP contribution in [0.5, 0.6) is 0 Å². The number of nitrogens with one attached hydrogen (secondary N) is 1. The third-order valence-electron chi connectivity index (χ3n) is 3.75. The highest BCUT2D eigenvalue weighted by Crippen LogP contribution is 2.20. The average molecular weight is 267 g/mol. The fraction of sp³-hybridized carbons (Fsp3) is 0.625. The Bertz CT molecular complexity index is 339. The van der Waals surface area contributed by atoms with E-state index in [9.17, 15) is 4.39 Å². The van der Waals surface area contributed by atoms with Gasteiger partial charge in [-0.3, -0.25) is 0 Å². The van der Waals surface area contributed by atoms with Crippen molar-refractivity contribution < 1.29 is 9.13 Å². The normalized spacial score (nSPS) is 14.3. The van der Waals surface area contributed by atoms with Gasteiger partial charge in [-0.1, -0.05) is 32.4 Å². The molecular weight excluding hydrogens is 241 g/mol. The third-order valence-corrected chi connectivity index (χ3v) is 3.75. The Morgan fingerprint density at radius 3 is 2.53 bits per heavy atom. The molecule has 2 nitrogen and oxygen atoms in total. The summed E-state index contributed by atoms with van der Waals surface area (Å²) in [6.07, 6.45) is 2.16. The highest BCUT2D eigenvalue weighted by atomic mass is 19.1. The minimum absolute atomic E-state index is 0.165. The van der Waals surface area contributed by atoms with Crippen LogP contribution in [0.25, 0.3) is 0 Å². The van der Waals surface area contributed by atoms with Crippen molar-refractivity contribution in [1.82, 2.24) is 5.32 Å². The molecule has 1 rings (SSSR count). The molecule has 0 aromatic heterocycles. The van der Waals surface area contributed by atoms with E-state index in [2.05, 4.69) is 19.2 Å². The fourth-order valence-electron chi connectivity index (χ4n) is 2.19. The van der Waals surface area contributed by atoms with Crippen molar-refractivity contribution in [3.05, 3.63) is 35.6 Å². The molecule has 1 aromatic rings. The first-order valence-electron chi connectivity index (χ1n) is 7.11. The van der Waals surface area contributed by atoms with Crippen LogP contribution in [0, 0.1) is 17.7 Å². The van der Waals surface area contributed by atoms with Crippen molar-refractivity contribution in [2.75, 3.05) is 26.8 Å². The third kappa shape index (κ3) is 6.17. The molecular formula is C16H26FNO. The van der Waals surface area contributed by atoms with Crippen molar-refractivity contribution in [2.45, 2.75) is 26.7 Å². The van der Waals surface area contributed by atoms with Crippen LogP contribution in [0.2, 0.25) is 0 Å². The van der Waals surface area contributed by atoms with Crippen LogP contribution in [-0.4, -0.2) is 26.8 Å². The molecule has 0 aliphatic heterocycles. The second-order valence-corrected chi connectivity index (χ2v) is 5.17. The maximum atomic E-state index is 12.9. The summed E-state index contributed by atoms with van der Waals surface area (Å²) in [6, 6.07) is 6.86. The zero-order valence-corrected chi connectivity index (χ0v) is 12.3. The van der Waals surface area contributed by atoms with Crippen molar-refractivity contribution in [3.63, 3.8) is 0 Å². The van der Waals surface area contributed by atoms with Crippen LogP contribution in [0.1, 0.15) is 25.8 Å². The Balaban J connectivity index is 2.51. The quantitative estimate of drug-likeness (QED) is 0.693. The average Bonchev–Trinajstić information content (AvgIpc) is 2.43. The van der Waals surface area contributed by atoms with Gasteiger partial charge in [-0.15, -0.1) is 0 Å². The number of hydrogen-bond acceptors (Lipinski definition) is 2. The van der Waals surface area contributed by atoms with Gasteiger partial charge in [0.25, 0.3) is 0 Å². The van der Waals surface area contributed by atoms with Gasteiger partial charge in [0.1, 0.15) is 5.82 Å². The van der Waals surface area contributed by atoms with Gasteiger partial charge < -0.3 is 10.1 Å². The van der Waals surface area contributed by atoms with E-state index in [1.54, 1.807) is 19.2 Å². The van der Waals surface area contributed by atoms with E-state index in [4.69, 9.17) is 4.74 Å². The SMILES string of the molecule is CCC(C)C(CNCCOC)Cc1ccc(F)cc1. The van der Waals surface area contributed by atoms with Gasteiger partial charge in [-0.2, -0.15) is 0 Å². The van der Waals surface area contributed by atoms with Gasteiger partial charge in [-0.25, -0.2) is 4.39 Å². The summed E-state index contributed by atoms with van der Waals surface area (Å²) in [6.45, 7) is 7.11. The van der Waals surface area contributed by atoms with Crippen LogP contribution in [0.15, 0.2) is 24.3 Å². The Kier molecular flexibility index (Phi) is 7.68. The Morgan fingerprint density at radius 1 is 1.26 bits per heavy atom. The molecule has 0 bridgehead atoms. The minimum Gasteiger partial charge on any atom is -0.383 e. The predicted molar refractivity (Wildman–Crippen MR) is 77.8 cm³/mol. The molecule has 1 aromatic carbocycles. The Morgan fingerprint density at radius 2 is 1.95 bits per heavy atom. The lowest BCUT2D eigenvalue weighted by Crippen LogP contribution is -2.30. The van der Waals surface area contributed by atoms with Crippen LogP contribution < -0.4 is 5.32 Å². The summed E-state index contributed by atoms with van der Waals surface area (Å²) in [7, 11) is 1.71. The summed E-state index contributed by atoms with van der Waals surface area (Å²) in [5.41, 5.74) is 1.21. The van der Waals surface area contributed by atoms with Gasteiger partial charge in [0.15, 0.2) is 0 Å². The zero-order valence-electron chi connectivity index (χ0n) is 12.3. The van der Waals surface area contributed by atoms with E-state index in [1.165, 1.54) is 5.56 Å². The molecule has 108 valence electrons. The number of methoxy groups -OCH3 is 1. The molecule has 2 atom stereocenters. The molecule has 0 heterocycles. The van der Waals surface area contributed by atoms with Gasteiger partial charge in [0.05, 0.1) is 6.61 Å². The number of ether oxygens (including phenoxy) is 1. The van der Waals surface area contributed by atoms with Crippen LogP contribution in [0.3, 0.4) is 0 Å². The van der Waals surface area contributed by atoms with Gasteiger partial charge >= 0.3 is 0 Å². The summed E-state index contributed by atoms with van der Waals surface area (Å²) in [5.74, 6) is 1.06. The lowest BCUT2D eigenvalue weighted by atomic mass is 9.86. The molecule has 0 saturated heterocycles. The number of benzene rings is 1. The first-order chi connectivity index (χ1) is 9.17. The van der Waals surface area contributed by atoms with Crippen molar-refractivity contribution in [1.29, 1.82) is 0 Å². The van der Waals surface area contributed by atoms with Crippen LogP contribution in [0.4, 0.5) is 4.39 Å². The summed E-state index contributed by atoms with van der Waals surface area (Å²) < 4.78 is 17.9. The molecule has 2 unspecified atom stereocenters. The maximum absolute atomic E-state index is 12.9. The highest BCUT2D eigenvalue weighted by Gasteiger charge is 2.16. The van der Waals surface area contributed by atoms with E-state index in [1.807, 2.05) is 12.1 Å². The van der Waals surface area contributed by atoms with E-state index in [0.29, 0.717) is 11.8 Å². The molecule has 0 saturated carbocycles. The van der Waals surface area contributed by atoms with Crippen LogP contribution >= 0.6 is 0 Å². The van der Waals surface area contributed by atoms with Gasteiger partial charge in [0.2, 0.25) is 0 Å². The monoisotopic (exact) mass is 267 g/mol. The zero-order chi connectivity index (χ0) is 14.1. The molecule has 0 radical (unpaired) electrons. The predicted octanol–water partition coefficient (Wildman–Crippen LogP) is 3.27. The molecule has 0 spiro atoms.